The average molecular weight is 244 g/mol. The van der Waals surface area contributed by atoms with Crippen molar-refractivity contribution in [1.29, 1.82) is 0 Å². The van der Waals surface area contributed by atoms with Crippen LogP contribution in [0.25, 0.3) is 0 Å². The third-order valence-electron chi connectivity index (χ3n) is 3.59. The third kappa shape index (κ3) is 4.22. The summed E-state index contributed by atoms with van der Waals surface area (Å²) in [7, 11) is 0. The fourth-order valence-corrected chi connectivity index (χ4v) is 5.83. The van der Waals surface area contributed by atoms with E-state index in [4.69, 9.17) is 0 Å². The Morgan fingerprint density at radius 2 is 1.00 bits per heavy atom. The standard InChI is InChI=1S/C13H24S2/c1-2-6-10-14-12(8-4-1)13-9-5-3-7-11-15-13/h12-13H,1-11H2. The molecule has 0 spiro atoms. The first-order valence-corrected chi connectivity index (χ1v) is 8.80. The molecular formula is C13H24S2. The van der Waals surface area contributed by atoms with Crippen LogP contribution in [0.5, 0.6) is 0 Å². The SMILES string of the molecule is C1CCCC(C2CCCCCS2)SCC1. The molecule has 2 rings (SSSR count). The monoisotopic (exact) mass is 244 g/mol. The maximum Gasteiger partial charge on any atom is 0.0166 e. The Hall–Kier alpha value is 0.700. The molecule has 88 valence electrons. The Kier molecular flexibility index (Phi) is 5.77. The van der Waals surface area contributed by atoms with Gasteiger partial charge in [-0.3, -0.25) is 0 Å². The van der Waals surface area contributed by atoms with E-state index in [1.165, 1.54) is 69.3 Å². The lowest BCUT2D eigenvalue weighted by atomic mass is 10.0. The first kappa shape index (κ1) is 12.2. The van der Waals surface area contributed by atoms with Gasteiger partial charge in [0.2, 0.25) is 0 Å². The van der Waals surface area contributed by atoms with Gasteiger partial charge in [0.15, 0.2) is 0 Å². The lowest BCUT2D eigenvalue weighted by molar-refractivity contribution is 0.572. The van der Waals surface area contributed by atoms with E-state index in [2.05, 4.69) is 23.5 Å². The Morgan fingerprint density at radius 3 is 1.60 bits per heavy atom. The number of hydrogen-bond donors (Lipinski definition) is 0. The molecule has 0 N–H and O–H groups in total. The highest BCUT2D eigenvalue weighted by atomic mass is 32.2. The highest BCUT2D eigenvalue weighted by molar-refractivity contribution is 8.03. The average Bonchev–Trinajstić information content (AvgIpc) is 2.45. The van der Waals surface area contributed by atoms with Crippen LogP contribution in [0.3, 0.4) is 0 Å². The fraction of sp³-hybridized carbons (Fsp3) is 1.00. The summed E-state index contributed by atoms with van der Waals surface area (Å²) in [5.41, 5.74) is 0. The lowest BCUT2D eigenvalue weighted by Crippen LogP contribution is -2.21. The fourth-order valence-electron chi connectivity index (χ4n) is 2.65. The summed E-state index contributed by atoms with van der Waals surface area (Å²) >= 11 is 4.58. The molecule has 2 heteroatoms. The highest BCUT2D eigenvalue weighted by Crippen LogP contribution is 2.36. The summed E-state index contributed by atoms with van der Waals surface area (Å²) in [5.74, 6) is 2.86. The molecule has 2 unspecified atom stereocenters. The molecule has 2 aliphatic heterocycles. The predicted molar refractivity (Wildman–Crippen MR) is 74.0 cm³/mol. The molecule has 2 aliphatic rings. The number of thioether (sulfide) groups is 2. The molecule has 0 aromatic heterocycles. The second-order valence-electron chi connectivity index (χ2n) is 4.87. The molecule has 0 radical (unpaired) electrons. The smallest absolute Gasteiger partial charge is 0.0166 e. The molecule has 15 heavy (non-hydrogen) atoms. The van der Waals surface area contributed by atoms with Gasteiger partial charge in [0.1, 0.15) is 0 Å². The molecular weight excluding hydrogens is 220 g/mol. The van der Waals surface area contributed by atoms with E-state index in [0.29, 0.717) is 0 Å². The zero-order valence-corrected chi connectivity index (χ0v) is 11.4. The molecule has 0 aromatic rings. The van der Waals surface area contributed by atoms with Crippen molar-refractivity contribution in [2.24, 2.45) is 0 Å². The van der Waals surface area contributed by atoms with Crippen molar-refractivity contribution in [2.45, 2.75) is 68.3 Å². The van der Waals surface area contributed by atoms with E-state index in [1.54, 1.807) is 0 Å². The normalized spacial score (nSPS) is 35.2. The Morgan fingerprint density at radius 1 is 0.533 bits per heavy atom. The van der Waals surface area contributed by atoms with Crippen LogP contribution >= 0.6 is 23.5 Å². The van der Waals surface area contributed by atoms with Crippen molar-refractivity contribution in [3.63, 3.8) is 0 Å². The van der Waals surface area contributed by atoms with E-state index in [9.17, 15) is 0 Å². The summed E-state index contributed by atoms with van der Waals surface area (Å²) in [6, 6.07) is 0. The van der Waals surface area contributed by atoms with E-state index in [-0.39, 0.29) is 0 Å². The van der Waals surface area contributed by atoms with Crippen molar-refractivity contribution in [3.8, 4) is 0 Å². The van der Waals surface area contributed by atoms with Crippen LogP contribution in [0.1, 0.15) is 57.8 Å². The quantitative estimate of drug-likeness (QED) is 0.654. The molecule has 2 atom stereocenters. The van der Waals surface area contributed by atoms with Gasteiger partial charge in [-0.25, -0.2) is 0 Å². The summed E-state index contributed by atoms with van der Waals surface area (Å²) in [6.07, 6.45) is 13.4. The summed E-state index contributed by atoms with van der Waals surface area (Å²) in [4.78, 5) is 0. The maximum atomic E-state index is 2.29. The number of hydrogen-bond acceptors (Lipinski definition) is 2. The largest absolute Gasteiger partial charge is 0.157 e. The second-order valence-corrected chi connectivity index (χ2v) is 7.56. The molecule has 0 aliphatic carbocycles. The van der Waals surface area contributed by atoms with Crippen molar-refractivity contribution in [1.82, 2.24) is 0 Å². The van der Waals surface area contributed by atoms with Crippen molar-refractivity contribution in [2.75, 3.05) is 11.5 Å². The van der Waals surface area contributed by atoms with Crippen LogP contribution < -0.4 is 0 Å². The van der Waals surface area contributed by atoms with Crippen LogP contribution in [-0.2, 0) is 0 Å². The first-order valence-electron chi connectivity index (χ1n) is 6.70. The van der Waals surface area contributed by atoms with Gasteiger partial charge in [-0.2, -0.15) is 23.5 Å². The zero-order chi connectivity index (χ0) is 10.3. The first-order chi connectivity index (χ1) is 7.47. The number of rotatable bonds is 1. The molecule has 2 fully saturated rings. The lowest BCUT2D eigenvalue weighted by Gasteiger charge is -2.26. The summed E-state index contributed by atoms with van der Waals surface area (Å²) in [6.45, 7) is 0. The van der Waals surface area contributed by atoms with Gasteiger partial charge in [-0.1, -0.05) is 32.1 Å². The van der Waals surface area contributed by atoms with Crippen LogP contribution in [0, 0.1) is 0 Å². The van der Waals surface area contributed by atoms with Crippen molar-refractivity contribution >= 4 is 23.5 Å². The Bertz CT molecular complexity index is 154. The molecule has 0 amide bonds. The van der Waals surface area contributed by atoms with Crippen molar-refractivity contribution in [3.05, 3.63) is 0 Å². The van der Waals surface area contributed by atoms with Gasteiger partial charge >= 0.3 is 0 Å². The van der Waals surface area contributed by atoms with Gasteiger partial charge in [-0.05, 0) is 37.2 Å². The second kappa shape index (κ2) is 7.11. The highest BCUT2D eigenvalue weighted by Gasteiger charge is 2.23. The predicted octanol–water partition coefficient (Wildman–Crippen LogP) is 4.73. The van der Waals surface area contributed by atoms with E-state index >= 15 is 0 Å². The van der Waals surface area contributed by atoms with E-state index in [1.807, 2.05) is 0 Å². The van der Waals surface area contributed by atoms with E-state index < -0.39 is 0 Å². The molecule has 2 heterocycles. The Labute approximate surface area is 103 Å². The Balaban J connectivity index is 1.82. The van der Waals surface area contributed by atoms with E-state index in [0.717, 1.165) is 10.5 Å². The molecule has 0 bridgehead atoms. The van der Waals surface area contributed by atoms with Gasteiger partial charge in [-0.15, -0.1) is 0 Å². The zero-order valence-electron chi connectivity index (χ0n) is 9.75. The van der Waals surface area contributed by atoms with Crippen LogP contribution in [0.15, 0.2) is 0 Å². The van der Waals surface area contributed by atoms with Gasteiger partial charge < -0.3 is 0 Å². The molecule has 0 nitrogen and oxygen atoms in total. The van der Waals surface area contributed by atoms with Crippen LogP contribution in [0.4, 0.5) is 0 Å². The minimum atomic E-state index is 0.994. The van der Waals surface area contributed by atoms with Gasteiger partial charge in [0.05, 0.1) is 0 Å². The summed E-state index contributed by atoms with van der Waals surface area (Å²) in [5, 5.41) is 1.99. The molecule has 0 saturated carbocycles. The minimum absolute atomic E-state index is 0.994. The van der Waals surface area contributed by atoms with Gasteiger partial charge in [0.25, 0.3) is 0 Å². The van der Waals surface area contributed by atoms with Crippen LogP contribution in [0.2, 0.25) is 0 Å². The van der Waals surface area contributed by atoms with Crippen LogP contribution in [-0.4, -0.2) is 22.0 Å². The van der Waals surface area contributed by atoms with Crippen molar-refractivity contribution < 1.29 is 0 Å². The molecule has 2 saturated heterocycles. The topological polar surface area (TPSA) is 0 Å². The maximum absolute atomic E-state index is 2.29. The minimum Gasteiger partial charge on any atom is -0.157 e. The van der Waals surface area contributed by atoms with Gasteiger partial charge in [0, 0.05) is 10.5 Å². The summed E-state index contributed by atoms with van der Waals surface area (Å²) < 4.78 is 0. The third-order valence-corrected chi connectivity index (χ3v) is 6.80. The molecule has 0 aromatic carbocycles.